The molecule has 2 heterocycles. The first kappa shape index (κ1) is 12.8. The lowest BCUT2D eigenvalue weighted by Crippen LogP contribution is -2.57. The highest BCUT2D eigenvalue weighted by Crippen LogP contribution is 2.31. The van der Waals surface area contributed by atoms with Crippen LogP contribution < -0.4 is 14.8 Å². The van der Waals surface area contributed by atoms with E-state index in [0.29, 0.717) is 18.7 Å². The van der Waals surface area contributed by atoms with Gasteiger partial charge in [-0.3, -0.25) is 4.90 Å². The lowest BCUT2D eigenvalue weighted by atomic mass is 10.1. The van der Waals surface area contributed by atoms with Gasteiger partial charge in [0.1, 0.15) is 12.7 Å². The van der Waals surface area contributed by atoms with Crippen molar-refractivity contribution in [2.45, 2.75) is 32.0 Å². The molecule has 3 rings (SSSR count). The topological polar surface area (TPSA) is 33.7 Å². The third-order valence-corrected chi connectivity index (χ3v) is 3.90. The van der Waals surface area contributed by atoms with E-state index >= 15 is 0 Å². The van der Waals surface area contributed by atoms with Crippen LogP contribution in [-0.4, -0.2) is 49.3 Å². The minimum atomic E-state index is 0.127. The number of fused-ring (bicyclic) bond motifs is 1. The van der Waals surface area contributed by atoms with Gasteiger partial charge in [-0.15, -0.1) is 0 Å². The third kappa shape index (κ3) is 2.85. The molecule has 0 bridgehead atoms. The van der Waals surface area contributed by atoms with Crippen molar-refractivity contribution in [3.63, 3.8) is 0 Å². The summed E-state index contributed by atoms with van der Waals surface area (Å²) >= 11 is 0. The molecule has 4 nitrogen and oxygen atoms in total. The highest BCUT2D eigenvalue weighted by Gasteiger charge is 2.28. The van der Waals surface area contributed by atoms with Gasteiger partial charge < -0.3 is 14.8 Å². The molecule has 1 N–H and O–H groups in total. The highest BCUT2D eigenvalue weighted by atomic mass is 16.6. The summed E-state index contributed by atoms with van der Waals surface area (Å²) in [5, 5.41) is 3.50. The zero-order chi connectivity index (χ0) is 13.2. The maximum absolute atomic E-state index is 6.03. The molecule has 1 saturated heterocycles. The van der Waals surface area contributed by atoms with E-state index in [4.69, 9.17) is 9.47 Å². The van der Waals surface area contributed by atoms with Gasteiger partial charge in [-0.25, -0.2) is 0 Å². The van der Waals surface area contributed by atoms with E-state index < -0.39 is 0 Å². The first-order valence-electron chi connectivity index (χ1n) is 7.08. The van der Waals surface area contributed by atoms with Crippen molar-refractivity contribution in [2.75, 3.05) is 26.2 Å². The molecule has 1 aromatic rings. The first-order valence-corrected chi connectivity index (χ1v) is 7.08. The molecular formula is C15H22N2O2. The normalized spacial score (nSPS) is 31.2. The lowest BCUT2D eigenvalue weighted by Gasteiger charge is -2.40. The first-order chi connectivity index (χ1) is 9.22. The molecule has 0 amide bonds. The highest BCUT2D eigenvalue weighted by molar-refractivity contribution is 5.40. The van der Waals surface area contributed by atoms with E-state index in [1.807, 2.05) is 24.3 Å². The molecule has 2 aliphatic rings. The van der Waals surface area contributed by atoms with E-state index in [0.717, 1.165) is 31.1 Å². The van der Waals surface area contributed by atoms with Crippen LogP contribution in [0.1, 0.15) is 13.8 Å². The van der Waals surface area contributed by atoms with Crippen LogP contribution in [0.3, 0.4) is 0 Å². The molecule has 104 valence electrons. The summed E-state index contributed by atoms with van der Waals surface area (Å²) in [5.41, 5.74) is 0. The van der Waals surface area contributed by atoms with Crippen LogP contribution in [0, 0.1) is 0 Å². The minimum Gasteiger partial charge on any atom is -0.486 e. The number of ether oxygens (including phenoxy) is 2. The van der Waals surface area contributed by atoms with E-state index in [1.165, 1.54) is 0 Å². The molecule has 0 radical (unpaired) electrons. The van der Waals surface area contributed by atoms with Gasteiger partial charge in [-0.1, -0.05) is 12.1 Å². The van der Waals surface area contributed by atoms with Gasteiger partial charge in [-0.2, -0.15) is 0 Å². The SMILES string of the molecule is C[C@H]1CN(C[C@@H]2COc3ccccc3O2)[C@@H](C)CN1. The number of piperazine rings is 1. The quantitative estimate of drug-likeness (QED) is 0.876. The molecule has 0 spiro atoms. The predicted molar refractivity (Wildman–Crippen MR) is 74.9 cm³/mol. The van der Waals surface area contributed by atoms with Crippen LogP contribution in [0.5, 0.6) is 11.5 Å². The fourth-order valence-corrected chi connectivity index (χ4v) is 2.77. The molecule has 1 aromatic carbocycles. The maximum atomic E-state index is 6.03. The molecule has 3 atom stereocenters. The Morgan fingerprint density at radius 2 is 2.05 bits per heavy atom. The summed E-state index contributed by atoms with van der Waals surface area (Å²) in [7, 11) is 0. The number of benzene rings is 1. The van der Waals surface area contributed by atoms with Crippen molar-refractivity contribution < 1.29 is 9.47 Å². The number of para-hydroxylation sites is 2. The molecule has 1 fully saturated rings. The Bertz CT molecular complexity index is 438. The van der Waals surface area contributed by atoms with Crippen LogP contribution in [0.25, 0.3) is 0 Å². The van der Waals surface area contributed by atoms with Crippen LogP contribution in [0.4, 0.5) is 0 Å². The number of nitrogens with one attached hydrogen (secondary N) is 1. The second-order valence-electron chi connectivity index (χ2n) is 5.61. The van der Waals surface area contributed by atoms with Crippen LogP contribution in [0.2, 0.25) is 0 Å². The van der Waals surface area contributed by atoms with Crippen molar-refractivity contribution in [1.82, 2.24) is 10.2 Å². The number of nitrogens with zero attached hydrogens (tertiary/aromatic N) is 1. The van der Waals surface area contributed by atoms with Crippen molar-refractivity contribution in [3.05, 3.63) is 24.3 Å². The molecule has 2 aliphatic heterocycles. The van der Waals surface area contributed by atoms with E-state index in [2.05, 4.69) is 24.1 Å². The minimum absolute atomic E-state index is 0.127. The molecule has 0 saturated carbocycles. The third-order valence-electron chi connectivity index (χ3n) is 3.90. The van der Waals surface area contributed by atoms with Crippen LogP contribution in [-0.2, 0) is 0 Å². The van der Waals surface area contributed by atoms with Gasteiger partial charge in [0.25, 0.3) is 0 Å². The van der Waals surface area contributed by atoms with E-state index in [-0.39, 0.29) is 6.10 Å². The van der Waals surface area contributed by atoms with Crippen molar-refractivity contribution in [2.24, 2.45) is 0 Å². The van der Waals surface area contributed by atoms with Gasteiger partial charge in [0.15, 0.2) is 11.5 Å². The Kier molecular flexibility index (Phi) is 3.62. The molecular weight excluding hydrogens is 240 g/mol. The Morgan fingerprint density at radius 3 is 2.89 bits per heavy atom. The fourth-order valence-electron chi connectivity index (χ4n) is 2.77. The molecule has 0 aliphatic carbocycles. The monoisotopic (exact) mass is 262 g/mol. The van der Waals surface area contributed by atoms with E-state index in [9.17, 15) is 0 Å². The zero-order valence-electron chi connectivity index (χ0n) is 11.6. The van der Waals surface area contributed by atoms with E-state index in [1.54, 1.807) is 0 Å². The smallest absolute Gasteiger partial charge is 0.161 e. The van der Waals surface area contributed by atoms with Gasteiger partial charge >= 0.3 is 0 Å². The standard InChI is InChI=1S/C15H22N2O2/c1-11-8-17(12(2)7-16-11)9-13-10-18-14-5-3-4-6-15(14)19-13/h3-6,11-13,16H,7-10H2,1-2H3/t11-,12-,13+/m0/s1. The van der Waals surface area contributed by atoms with Crippen LogP contribution in [0.15, 0.2) is 24.3 Å². The number of hydrogen-bond donors (Lipinski definition) is 1. The Balaban J connectivity index is 1.62. The molecule has 4 heteroatoms. The summed E-state index contributed by atoms with van der Waals surface area (Å²) in [5.74, 6) is 1.73. The van der Waals surface area contributed by atoms with Gasteiger partial charge in [-0.05, 0) is 26.0 Å². The molecule has 0 unspecified atom stereocenters. The zero-order valence-corrected chi connectivity index (χ0v) is 11.6. The Hall–Kier alpha value is -1.26. The predicted octanol–water partition coefficient (Wildman–Crippen LogP) is 1.51. The van der Waals surface area contributed by atoms with Gasteiger partial charge in [0, 0.05) is 31.7 Å². The molecule has 0 aromatic heterocycles. The van der Waals surface area contributed by atoms with Gasteiger partial charge in [0.2, 0.25) is 0 Å². The summed E-state index contributed by atoms with van der Waals surface area (Å²) in [6, 6.07) is 9.00. The lowest BCUT2D eigenvalue weighted by molar-refractivity contribution is 0.0352. The van der Waals surface area contributed by atoms with Crippen molar-refractivity contribution in [1.29, 1.82) is 0 Å². The Labute approximate surface area is 114 Å². The summed E-state index contributed by atoms with van der Waals surface area (Å²) < 4.78 is 11.8. The average molecular weight is 262 g/mol. The molecule has 19 heavy (non-hydrogen) atoms. The second-order valence-corrected chi connectivity index (χ2v) is 5.61. The van der Waals surface area contributed by atoms with Crippen LogP contribution >= 0.6 is 0 Å². The largest absolute Gasteiger partial charge is 0.486 e. The summed E-state index contributed by atoms with van der Waals surface area (Å²) in [6.45, 7) is 8.18. The maximum Gasteiger partial charge on any atom is 0.161 e. The van der Waals surface area contributed by atoms with Gasteiger partial charge in [0.05, 0.1) is 0 Å². The number of hydrogen-bond acceptors (Lipinski definition) is 4. The summed E-state index contributed by atoms with van der Waals surface area (Å²) in [6.07, 6.45) is 0.127. The number of rotatable bonds is 2. The average Bonchev–Trinajstić information content (AvgIpc) is 2.43. The van der Waals surface area contributed by atoms with Crippen molar-refractivity contribution >= 4 is 0 Å². The fraction of sp³-hybridized carbons (Fsp3) is 0.600. The Morgan fingerprint density at radius 1 is 1.26 bits per heavy atom. The summed E-state index contributed by atoms with van der Waals surface area (Å²) in [4.78, 5) is 2.49. The second kappa shape index (κ2) is 5.39. The van der Waals surface area contributed by atoms with Crippen molar-refractivity contribution in [3.8, 4) is 11.5 Å².